The normalized spacial score (nSPS) is 11.2. The molecule has 0 unspecified atom stereocenters. The second kappa shape index (κ2) is 6.00. The molecule has 0 radical (unpaired) electrons. The van der Waals surface area contributed by atoms with Crippen LogP contribution in [0.3, 0.4) is 0 Å². The molecule has 0 amide bonds. The number of rotatable bonds is 4. The molecular weight excluding hydrogens is 174 g/mol. The fourth-order valence-electron chi connectivity index (χ4n) is 0.685. The van der Waals surface area contributed by atoms with Gasteiger partial charge in [-0.25, -0.2) is 0 Å². The summed E-state index contributed by atoms with van der Waals surface area (Å²) in [6.45, 7) is 3.08. The molecule has 0 rings (SSSR count). The Hall–Kier alpha value is -1.57. The molecule has 72 valence electrons. The lowest BCUT2D eigenvalue weighted by Crippen LogP contribution is -2.19. The Morgan fingerprint density at radius 3 is 2.54 bits per heavy atom. The van der Waals surface area contributed by atoms with Crippen molar-refractivity contribution in [2.45, 2.75) is 26.4 Å². The highest BCUT2D eigenvalue weighted by Gasteiger charge is 2.16. The van der Waals surface area contributed by atoms with Crippen LogP contribution in [-0.2, 0) is 19.1 Å². The van der Waals surface area contributed by atoms with Crippen LogP contribution in [0.25, 0.3) is 0 Å². The standard InChI is InChI=1S/C8H11NO4/c1-3-12-8(11)4-7(5-9)13-6(2)10/h7H,3-4H2,1-2H3/t7-/m0/s1. The molecule has 5 nitrogen and oxygen atoms in total. The maximum absolute atomic E-state index is 10.8. The molecule has 13 heavy (non-hydrogen) atoms. The lowest BCUT2D eigenvalue weighted by Gasteiger charge is -2.07. The van der Waals surface area contributed by atoms with Gasteiger partial charge >= 0.3 is 11.9 Å². The highest BCUT2D eigenvalue weighted by atomic mass is 16.6. The molecule has 0 saturated heterocycles. The van der Waals surface area contributed by atoms with Crippen molar-refractivity contribution < 1.29 is 19.1 Å². The van der Waals surface area contributed by atoms with Crippen molar-refractivity contribution in [1.82, 2.24) is 0 Å². The number of esters is 2. The van der Waals surface area contributed by atoms with E-state index < -0.39 is 18.0 Å². The maximum Gasteiger partial charge on any atom is 0.310 e. The summed E-state index contributed by atoms with van der Waals surface area (Å²) in [5, 5.41) is 8.46. The van der Waals surface area contributed by atoms with Gasteiger partial charge in [0.15, 0.2) is 6.10 Å². The fraction of sp³-hybridized carbons (Fsp3) is 0.625. The van der Waals surface area contributed by atoms with Crippen molar-refractivity contribution >= 4 is 11.9 Å². The number of carbonyl (C=O) groups excluding carboxylic acids is 2. The van der Waals surface area contributed by atoms with E-state index in [1.54, 1.807) is 13.0 Å². The van der Waals surface area contributed by atoms with Gasteiger partial charge in [-0.2, -0.15) is 5.26 Å². The number of hydrogen-bond donors (Lipinski definition) is 0. The smallest absolute Gasteiger partial charge is 0.310 e. The predicted octanol–water partition coefficient (Wildman–Crippen LogP) is 0.395. The van der Waals surface area contributed by atoms with E-state index in [1.807, 2.05) is 0 Å². The van der Waals surface area contributed by atoms with E-state index in [0.29, 0.717) is 0 Å². The molecular formula is C8H11NO4. The van der Waals surface area contributed by atoms with Crippen LogP contribution in [0.15, 0.2) is 0 Å². The van der Waals surface area contributed by atoms with Crippen LogP contribution >= 0.6 is 0 Å². The Kier molecular flexibility index (Phi) is 5.28. The summed E-state index contributed by atoms with van der Waals surface area (Å²) >= 11 is 0. The Labute approximate surface area is 76.2 Å². The third-order valence-corrected chi connectivity index (χ3v) is 1.11. The van der Waals surface area contributed by atoms with E-state index in [0.717, 1.165) is 0 Å². The molecule has 0 spiro atoms. The van der Waals surface area contributed by atoms with Gasteiger partial charge in [0.25, 0.3) is 0 Å². The van der Waals surface area contributed by atoms with Crippen molar-refractivity contribution in [1.29, 1.82) is 5.26 Å². The first-order valence-corrected chi connectivity index (χ1v) is 3.82. The summed E-state index contributed by atoms with van der Waals surface area (Å²) in [6, 6.07) is 1.68. The van der Waals surface area contributed by atoms with Gasteiger partial charge in [-0.1, -0.05) is 0 Å². The SMILES string of the molecule is CCOC(=O)C[C@@H](C#N)OC(C)=O. The number of ether oxygens (including phenoxy) is 2. The van der Waals surface area contributed by atoms with Crippen molar-refractivity contribution in [3.05, 3.63) is 0 Å². The van der Waals surface area contributed by atoms with Gasteiger partial charge in [-0.3, -0.25) is 9.59 Å². The number of nitrogens with zero attached hydrogens (tertiary/aromatic N) is 1. The van der Waals surface area contributed by atoms with Crippen molar-refractivity contribution in [3.8, 4) is 6.07 Å². The quantitative estimate of drug-likeness (QED) is 0.592. The predicted molar refractivity (Wildman–Crippen MR) is 42.4 cm³/mol. The summed E-state index contributed by atoms with van der Waals surface area (Å²) in [7, 11) is 0. The number of hydrogen-bond acceptors (Lipinski definition) is 5. The summed E-state index contributed by atoms with van der Waals surface area (Å²) in [5.74, 6) is -1.13. The van der Waals surface area contributed by atoms with Crippen molar-refractivity contribution in [2.75, 3.05) is 6.61 Å². The Balaban J connectivity index is 3.92. The average Bonchev–Trinajstić information content (AvgIpc) is 2.02. The van der Waals surface area contributed by atoms with Gasteiger partial charge in [0, 0.05) is 6.92 Å². The molecule has 0 aliphatic heterocycles. The van der Waals surface area contributed by atoms with Crippen LogP contribution in [0.1, 0.15) is 20.3 Å². The third-order valence-electron chi connectivity index (χ3n) is 1.11. The molecule has 0 aromatic heterocycles. The fourth-order valence-corrected chi connectivity index (χ4v) is 0.685. The summed E-state index contributed by atoms with van der Waals surface area (Å²) in [4.78, 5) is 21.3. The zero-order valence-electron chi connectivity index (χ0n) is 7.57. The summed E-state index contributed by atoms with van der Waals surface area (Å²) in [5.41, 5.74) is 0. The zero-order chi connectivity index (χ0) is 10.3. The minimum absolute atomic E-state index is 0.218. The molecule has 0 heterocycles. The molecule has 0 bridgehead atoms. The van der Waals surface area contributed by atoms with Gasteiger partial charge < -0.3 is 9.47 Å². The van der Waals surface area contributed by atoms with Crippen LogP contribution in [0.4, 0.5) is 0 Å². The Bertz CT molecular complexity index is 231. The van der Waals surface area contributed by atoms with Crippen molar-refractivity contribution in [2.24, 2.45) is 0 Å². The van der Waals surface area contributed by atoms with E-state index in [-0.39, 0.29) is 13.0 Å². The maximum atomic E-state index is 10.8. The summed E-state index contributed by atoms with van der Waals surface area (Å²) < 4.78 is 9.09. The minimum Gasteiger partial charge on any atom is -0.466 e. The molecule has 0 aromatic rings. The molecule has 1 atom stereocenters. The molecule has 0 aliphatic carbocycles. The lowest BCUT2D eigenvalue weighted by molar-refractivity contribution is -0.150. The highest BCUT2D eigenvalue weighted by molar-refractivity contribution is 5.72. The Morgan fingerprint density at radius 2 is 2.15 bits per heavy atom. The van der Waals surface area contributed by atoms with Crippen LogP contribution in [0.5, 0.6) is 0 Å². The highest BCUT2D eigenvalue weighted by Crippen LogP contribution is 1.99. The van der Waals surface area contributed by atoms with Gasteiger partial charge in [0.1, 0.15) is 6.07 Å². The monoisotopic (exact) mass is 185 g/mol. The minimum atomic E-state index is -1.04. The first-order valence-electron chi connectivity index (χ1n) is 3.82. The van der Waals surface area contributed by atoms with Crippen LogP contribution in [-0.4, -0.2) is 24.6 Å². The molecule has 0 aliphatic rings. The zero-order valence-corrected chi connectivity index (χ0v) is 7.57. The first-order chi connectivity index (χ1) is 6.10. The van der Waals surface area contributed by atoms with Gasteiger partial charge in [-0.15, -0.1) is 0 Å². The number of nitriles is 1. The van der Waals surface area contributed by atoms with Gasteiger partial charge in [0.2, 0.25) is 0 Å². The molecule has 0 aromatic carbocycles. The average molecular weight is 185 g/mol. The van der Waals surface area contributed by atoms with Crippen LogP contribution < -0.4 is 0 Å². The molecule has 5 heteroatoms. The Morgan fingerprint density at radius 1 is 1.54 bits per heavy atom. The second-order valence-corrected chi connectivity index (χ2v) is 2.24. The van der Waals surface area contributed by atoms with E-state index in [2.05, 4.69) is 9.47 Å². The first kappa shape index (κ1) is 11.4. The second-order valence-electron chi connectivity index (χ2n) is 2.24. The van der Waals surface area contributed by atoms with Crippen LogP contribution in [0.2, 0.25) is 0 Å². The third kappa shape index (κ3) is 5.67. The van der Waals surface area contributed by atoms with Crippen LogP contribution in [0, 0.1) is 11.3 Å². The lowest BCUT2D eigenvalue weighted by atomic mass is 10.3. The topological polar surface area (TPSA) is 76.4 Å². The van der Waals surface area contributed by atoms with E-state index in [4.69, 9.17) is 5.26 Å². The van der Waals surface area contributed by atoms with E-state index >= 15 is 0 Å². The molecule has 0 fully saturated rings. The van der Waals surface area contributed by atoms with Crippen molar-refractivity contribution in [3.63, 3.8) is 0 Å². The molecule has 0 saturated carbocycles. The van der Waals surface area contributed by atoms with E-state index in [9.17, 15) is 9.59 Å². The van der Waals surface area contributed by atoms with E-state index in [1.165, 1.54) is 6.92 Å². The largest absolute Gasteiger partial charge is 0.466 e. The summed E-state index contributed by atoms with van der Waals surface area (Å²) in [6.07, 6.45) is -1.26. The number of carbonyl (C=O) groups is 2. The molecule has 0 N–H and O–H groups in total. The van der Waals surface area contributed by atoms with Gasteiger partial charge in [0.05, 0.1) is 13.0 Å². The van der Waals surface area contributed by atoms with Gasteiger partial charge in [-0.05, 0) is 6.92 Å².